The Morgan fingerprint density at radius 2 is 2.08 bits per heavy atom. The van der Waals surface area contributed by atoms with Crippen LogP contribution in [0.3, 0.4) is 0 Å². The third-order valence-electron chi connectivity index (χ3n) is 4.41. The highest BCUT2D eigenvalue weighted by Gasteiger charge is 2.22. The van der Waals surface area contributed by atoms with Gasteiger partial charge in [-0.1, -0.05) is 6.92 Å². The van der Waals surface area contributed by atoms with E-state index in [9.17, 15) is 9.59 Å². The molecule has 1 unspecified atom stereocenters. The van der Waals surface area contributed by atoms with Crippen molar-refractivity contribution in [3.05, 3.63) is 23.9 Å². The molecule has 0 spiro atoms. The van der Waals surface area contributed by atoms with Gasteiger partial charge in [0.25, 0.3) is 0 Å². The molecule has 0 bridgehead atoms. The average Bonchev–Trinajstić information content (AvgIpc) is 2.67. The van der Waals surface area contributed by atoms with E-state index in [0.29, 0.717) is 38.3 Å². The van der Waals surface area contributed by atoms with E-state index < -0.39 is 0 Å². The maximum absolute atomic E-state index is 12.2. The first-order chi connectivity index (χ1) is 12.5. The lowest BCUT2D eigenvalue weighted by Crippen LogP contribution is -2.52. The van der Waals surface area contributed by atoms with Crippen molar-refractivity contribution < 1.29 is 9.59 Å². The number of nitrogens with zero attached hydrogens (tertiary/aromatic N) is 4. The number of aromatic nitrogens is 1. The number of urea groups is 1. The first-order valence-electron chi connectivity index (χ1n) is 8.96. The van der Waals surface area contributed by atoms with Gasteiger partial charge in [-0.15, -0.1) is 0 Å². The van der Waals surface area contributed by atoms with Crippen LogP contribution in [-0.4, -0.2) is 60.6 Å². The highest BCUT2D eigenvalue weighted by atomic mass is 16.2. The van der Waals surface area contributed by atoms with Crippen LogP contribution < -0.4 is 15.5 Å². The smallest absolute Gasteiger partial charge is 0.317 e. The number of carbonyl (C=O) groups is 2. The molecule has 0 aliphatic carbocycles. The molecule has 140 valence electrons. The second-order valence-electron chi connectivity index (χ2n) is 6.35. The number of amides is 3. The maximum atomic E-state index is 12.2. The molecule has 0 saturated carbocycles. The summed E-state index contributed by atoms with van der Waals surface area (Å²) < 4.78 is 0. The molecule has 0 aromatic carbocycles. The summed E-state index contributed by atoms with van der Waals surface area (Å²) in [5.74, 6) is 0.707. The Labute approximate surface area is 154 Å². The van der Waals surface area contributed by atoms with Gasteiger partial charge in [0.05, 0.1) is 11.6 Å². The summed E-state index contributed by atoms with van der Waals surface area (Å²) in [7, 11) is 0. The van der Waals surface area contributed by atoms with E-state index in [2.05, 4.69) is 26.6 Å². The quantitative estimate of drug-likeness (QED) is 0.793. The van der Waals surface area contributed by atoms with Gasteiger partial charge in [-0.3, -0.25) is 4.79 Å². The van der Waals surface area contributed by atoms with Crippen LogP contribution in [0.1, 0.15) is 32.3 Å². The van der Waals surface area contributed by atoms with Crippen molar-refractivity contribution in [1.29, 1.82) is 5.26 Å². The second-order valence-corrected chi connectivity index (χ2v) is 6.35. The molecule has 26 heavy (non-hydrogen) atoms. The zero-order valence-corrected chi connectivity index (χ0v) is 15.4. The first-order valence-corrected chi connectivity index (χ1v) is 8.96. The fourth-order valence-electron chi connectivity index (χ4n) is 2.64. The molecule has 2 heterocycles. The predicted molar refractivity (Wildman–Crippen MR) is 98.6 cm³/mol. The monoisotopic (exact) mass is 358 g/mol. The van der Waals surface area contributed by atoms with E-state index in [4.69, 9.17) is 5.26 Å². The number of hydrogen-bond donors (Lipinski definition) is 2. The summed E-state index contributed by atoms with van der Waals surface area (Å²) in [6.07, 6.45) is 2.78. The van der Waals surface area contributed by atoms with Crippen molar-refractivity contribution in [2.45, 2.75) is 32.7 Å². The molecule has 1 saturated heterocycles. The van der Waals surface area contributed by atoms with Crippen molar-refractivity contribution in [2.75, 3.05) is 37.6 Å². The standard InChI is InChI=1S/C18H26N6O2/c1-3-14(2)22-17(25)5-7-21-18(26)24-10-8-23(9-11-24)16-12-15(13-19)4-6-20-16/h4,6,12,14H,3,5,7-11H2,1-2H3,(H,21,26)(H,22,25). The number of nitriles is 1. The Kier molecular flexibility index (Phi) is 7.21. The van der Waals surface area contributed by atoms with E-state index in [1.807, 2.05) is 13.8 Å². The van der Waals surface area contributed by atoms with Crippen LogP contribution in [0.15, 0.2) is 18.3 Å². The van der Waals surface area contributed by atoms with Gasteiger partial charge in [0.1, 0.15) is 5.82 Å². The number of hydrogen-bond acceptors (Lipinski definition) is 5. The Bertz CT molecular complexity index is 664. The minimum Gasteiger partial charge on any atom is -0.354 e. The molecule has 2 N–H and O–H groups in total. The van der Waals surface area contributed by atoms with Crippen molar-refractivity contribution >= 4 is 17.8 Å². The summed E-state index contributed by atoms with van der Waals surface area (Å²) >= 11 is 0. The van der Waals surface area contributed by atoms with Crippen LogP contribution in [0.25, 0.3) is 0 Å². The fourth-order valence-corrected chi connectivity index (χ4v) is 2.64. The topological polar surface area (TPSA) is 101 Å². The molecule has 1 aromatic heterocycles. The predicted octanol–water partition coefficient (Wildman–Crippen LogP) is 1.09. The van der Waals surface area contributed by atoms with Crippen molar-refractivity contribution in [2.24, 2.45) is 0 Å². The van der Waals surface area contributed by atoms with E-state index >= 15 is 0 Å². The van der Waals surface area contributed by atoms with E-state index in [0.717, 1.165) is 12.2 Å². The summed E-state index contributed by atoms with van der Waals surface area (Å²) in [5.41, 5.74) is 0.575. The van der Waals surface area contributed by atoms with E-state index in [-0.39, 0.29) is 24.4 Å². The number of anilines is 1. The molecule has 1 fully saturated rings. The molecule has 8 nitrogen and oxygen atoms in total. The summed E-state index contributed by atoms with van der Waals surface area (Å²) in [6.45, 7) is 6.75. The van der Waals surface area contributed by atoms with E-state index in [1.165, 1.54) is 0 Å². The lowest BCUT2D eigenvalue weighted by atomic mass is 10.2. The molecule has 1 aliphatic rings. The Balaban J connectivity index is 1.72. The number of rotatable bonds is 6. The number of carbonyl (C=O) groups excluding carboxylic acids is 2. The molecule has 1 atom stereocenters. The van der Waals surface area contributed by atoms with Gasteiger partial charge < -0.3 is 20.4 Å². The van der Waals surface area contributed by atoms with Crippen LogP contribution in [0, 0.1) is 11.3 Å². The normalized spacial score (nSPS) is 15.1. The fraction of sp³-hybridized carbons (Fsp3) is 0.556. The van der Waals surface area contributed by atoms with Gasteiger partial charge in [-0.25, -0.2) is 9.78 Å². The minimum atomic E-state index is -0.153. The van der Waals surface area contributed by atoms with Crippen LogP contribution in [0.4, 0.5) is 10.6 Å². The highest BCUT2D eigenvalue weighted by molar-refractivity contribution is 5.78. The SMILES string of the molecule is CCC(C)NC(=O)CCNC(=O)N1CCN(c2cc(C#N)ccn2)CC1. The third-order valence-corrected chi connectivity index (χ3v) is 4.41. The zero-order valence-electron chi connectivity index (χ0n) is 15.4. The van der Waals surface area contributed by atoms with Crippen LogP contribution in [-0.2, 0) is 4.79 Å². The summed E-state index contributed by atoms with van der Waals surface area (Å²) in [6, 6.07) is 5.53. The molecule has 0 radical (unpaired) electrons. The molecule has 1 aromatic rings. The summed E-state index contributed by atoms with van der Waals surface area (Å²) in [5, 5.41) is 14.6. The largest absolute Gasteiger partial charge is 0.354 e. The average molecular weight is 358 g/mol. The molecule has 8 heteroatoms. The summed E-state index contributed by atoms with van der Waals surface area (Å²) in [4.78, 5) is 32.0. The van der Waals surface area contributed by atoms with Crippen LogP contribution in [0.2, 0.25) is 0 Å². The molecule has 3 amide bonds. The van der Waals surface area contributed by atoms with Crippen LogP contribution in [0.5, 0.6) is 0 Å². The van der Waals surface area contributed by atoms with Gasteiger partial charge in [0, 0.05) is 51.4 Å². The number of nitrogens with one attached hydrogen (secondary N) is 2. The van der Waals surface area contributed by atoms with Crippen molar-refractivity contribution in [3.8, 4) is 6.07 Å². The first kappa shape index (κ1) is 19.5. The Morgan fingerprint density at radius 1 is 1.35 bits per heavy atom. The second kappa shape index (κ2) is 9.61. The Morgan fingerprint density at radius 3 is 2.73 bits per heavy atom. The van der Waals surface area contributed by atoms with Crippen molar-refractivity contribution in [3.63, 3.8) is 0 Å². The highest BCUT2D eigenvalue weighted by Crippen LogP contribution is 2.14. The lowest BCUT2D eigenvalue weighted by Gasteiger charge is -2.35. The zero-order chi connectivity index (χ0) is 18.9. The minimum absolute atomic E-state index is 0.0482. The van der Waals surface area contributed by atoms with Gasteiger partial charge in [0.15, 0.2) is 0 Å². The Hall–Kier alpha value is -2.82. The van der Waals surface area contributed by atoms with Gasteiger partial charge in [-0.2, -0.15) is 5.26 Å². The lowest BCUT2D eigenvalue weighted by molar-refractivity contribution is -0.121. The van der Waals surface area contributed by atoms with E-state index in [1.54, 1.807) is 23.2 Å². The number of pyridine rings is 1. The van der Waals surface area contributed by atoms with Crippen molar-refractivity contribution in [1.82, 2.24) is 20.5 Å². The van der Waals surface area contributed by atoms with Crippen LogP contribution >= 0.6 is 0 Å². The van der Waals surface area contributed by atoms with Gasteiger partial charge in [0.2, 0.25) is 5.91 Å². The number of piperazine rings is 1. The maximum Gasteiger partial charge on any atom is 0.317 e. The molecular formula is C18H26N6O2. The molecular weight excluding hydrogens is 332 g/mol. The third kappa shape index (κ3) is 5.62. The molecule has 1 aliphatic heterocycles. The molecule has 2 rings (SSSR count). The van der Waals surface area contributed by atoms with Gasteiger partial charge in [-0.05, 0) is 25.5 Å². The van der Waals surface area contributed by atoms with Gasteiger partial charge >= 0.3 is 6.03 Å².